The Morgan fingerprint density at radius 2 is 1.88 bits per heavy atom. The standard InChI is InChI=1S/C15H18OS/c1-7-5-8(2)17-15(7)14(16)13-11-9-3-4-10(6-9)12(11)13/h5,9-13H,3-4,6H2,1-2H3. The first-order valence-electron chi connectivity index (χ1n) is 6.78. The SMILES string of the molecule is Cc1cc(C)c(C(=O)C2C3C4CCC(C4)C23)s1. The summed E-state index contributed by atoms with van der Waals surface area (Å²) in [4.78, 5) is 14.9. The third kappa shape index (κ3) is 1.28. The van der Waals surface area contributed by atoms with Crippen LogP contribution < -0.4 is 0 Å². The van der Waals surface area contributed by atoms with Crippen molar-refractivity contribution in [3.8, 4) is 0 Å². The van der Waals surface area contributed by atoms with Crippen molar-refractivity contribution in [2.75, 3.05) is 0 Å². The van der Waals surface area contributed by atoms with E-state index in [1.54, 1.807) is 11.3 Å². The minimum absolute atomic E-state index is 0.415. The lowest BCUT2D eigenvalue weighted by molar-refractivity contribution is 0.0948. The monoisotopic (exact) mass is 246 g/mol. The lowest BCUT2D eigenvalue weighted by Gasteiger charge is -2.07. The second-order valence-corrected chi connectivity index (χ2v) is 7.50. The summed E-state index contributed by atoms with van der Waals surface area (Å²) >= 11 is 1.70. The molecule has 1 aromatic rings. The van der Waals surface area contributed by atoms with Gasteiger partial charge in [0.15, 0.2) is 5.78 Å². The Morgan fingerprint density at radius 3 is 2.41 bits per heavy atom. The predicted octanol–water partition coefficient (Wildman–Crippen LogP) is 3.84. The topological polar surface area (TPSA) is 17.1 Å². The van der Waals surface area contributed by atoms with Crippen LogP contribution >= 0.6 is 11.3 Å². The van der Waals surface area contributed by atoms with Crippen molar-refractivity contribution in [2.45, 2.75) is 33.1 Å². The summed E-state index contributed by atoms with van der Waals surface area (Å²) in [7, 11) is 0. The van der Waals surface area contributed by atoms with E-state index in [1.807, 2.05) is 0 Å². The average Bonchev–Trinajstić information content (AvgIpc) is 2.59. The van der Waals surface area contributed by atoms with Gasteiger partial charge < -0.3 is 0 Å². The van der Waals surface area contributed by atoms with Crippen LogP contribution in [0.15, 0.2) is 6.07 Å². The molecule has 1 aromatic heterocycles. The van der Waals surface area contributed by atoms with Crippen LogP contribution in [0.1, 0.15) is 39.4 Å². The van der Waals surface area contributed by atoms with Crippen LogP contribution in [-0.2, 0) is 0 Å². The van der Waals surface area contributed by atoms with E-state index >= 15 is 0 Å². The van der Waals surface area contributed by atoms with Crippen molar-refractivity contribution < 1.29 is 4.79 Å². The first kappa shape index (κ1) is 10.3. The van der Waals surface area contributed by atoms with Crippen LogP contribution in [-0.4, -0.2) is 5.78 Å². The van der Waals surface area contributed by atoms with Crippen molar-refractivity contribution in [3.63, 3.8) is 0 Å². The largest absolute Gasteiger partial charge is 0.293 e. The van der Waals surface area contributed by atoms with Crippen molar-refractivity contribution in [3.05, 3.63) is 21.4 Å². The van der Waals surface area contributed by atoms with Crippen LogP contribution in [0.2, 0.25) is 0 Å². The van der Waals surface area contributed by atoms with E-state index in [1.165, 1.54) is 29.7 Å². The molecule has 0 amide bonds. The highest BCUT2D eigenvalue weighted by Crippen LogP contribution is 2.70. The molecule has 3 fully saturated rings. The summed E-state index contributed by atoms with van der Waals surface area (Å²) in [5.41, 5.74) is 1.20. The minimum atomic E-state index is 0.415. The van der Waals surface area contributed by atoms with Gasteiger partial charge in [-0.3, -0.25) is 4.79 Å². The maximum Gasteiger partial charge on any atom is 0.176 e. The molecule has 3 aliphatic rings. The Hall–Kier alpha value is -0.630. The van der Waals surface area contributed by atoms with Crippen molar-refractivity contribution >= 4 is 17.1 Å². The number of Topliss-reactive ketones (excluding diaryl/α,β-unsaturated/α-hetero) is 1. The lowest BCUT2D eigenvalue weighted by atomic mass is 9.98. The Bertz CT molecular complexity index is 485. The van der Waals surface area contributed by atoms with E-state index in [-0.39, 0.29) is 0 Å². The molecule has 2 bridgehead atoms. The van der Waals surface area contributed by atoms with Gasteiger partial charge in [0, 0.05) is 10.8 Å². The van der Waals surface area contributed by atoms with E-state index in [0.29, 0.717) is 11.7 Å². The number of thiophene rings is 1. The molecular weight excluding hydrogens is 228 g/mol. The van der Waals surface area contributed by atoms with E-state index < -0.39 is 0 Å². The molecule has 4 unspecified atom stereocenters. The van der Waals surface area contributed by atoms with Gasteiger partial charge in [-0.2, -0.15) is 0 Å². The van der Waals surface area contributed by atoms with E-state index in [2.05, 4.69) is 19.9 Å². The molecule has 0 aliphatic heterocycles. The highest BCUT2D eigenvalue weighted by atomic mass is 32.1. The van der Waals surface area contributed by atoms with Crippen LogP contribution in [0.5, 0.6) is 0 Å². The van der Waals surface area contributed by atoms with Gasteiger partial charge in [0.25, 0.3) is 0 Å². The molecule has 0 spiro atoms. The number of carbonyl (C=O) groups is 1. The zero-order valence-electron chi connectivity index (χ0n) is 10.4. The van der Waals surface area contributed by atoms with E-state index in [9.17, 15) is 4.79 Å². The average molecular weight is 246 g/mol. The van der Waals surface area contributed by atoms with E-state index in [0.717, 1.165) is 28.5 Å². The number of ketones is 1. The second-order valence-electron chi connectivity index (χ2n) is 6.25. The molecule has 0 saturated heterocycles. The van der Waals surface area contributed by atoms with Gasteiger partial charge in [0.1, 0.15) is 0 Å². The summed E-state index contributed by atoms with van der Waals surface area (Å²) in [5.74, 6) is 4.26. The zero-order valence-corrected chi connectivity index (χ0v) is 11.2. The molecule has 0 radical (unpaired) electrons. The summed E-state index contributed by atoms with van der Waals surface area (Å²) in [5, 5.41) is 0. The molecular formula is C15H18OS. The number of hydrogen-bond donors (Lipinski definition) is 0. The summed E-state index contributed by atoms with van der Waals surface area (Å²) in [6.07, 6.45) is 4.23. The van der Waals surface area contributed by atoms with Gasteiger partial charge in [-0.05, 0) is 68.4 Å². The van der Waals surface area contributed by atoms with Gasteiger partial charge in [0.05, 0.1) is 4.88 Å². The fourth-order valence-corrected chi connectivity index (χ4v) is 5.73. The Balaban J connectivity index is 1.62. The molecule has 3 saturated carbocycles. The highest BCUT2D eigenvalue weighted by molar-refractivity contribution is 7.14. The second kappa shape index (κ2) is 3.23. The number of carbonyl (C=O) groups excluding carboxylic acids is 1. The van der Waals surface area contributed by atoms with Crippen molar-refractivity contribution in [1.82, 2.24) is 0 Å². The summed E-state index contributed by atoms with van der Waals surface area (Å²) in [6.45, 7) is 4.19. The molecule has 17 heavy (non-hydrogen) atoms. The lowest BCUT2D eigenvalue weighted by Crippen LogP contribution is -2.09. The maximum atomic E-state index is 12.6. The molecule has 1 nitrogen and oxygen atoms in total. The highest BCUT2D eigenvalue weighted by Gasteiger charge is 2.67. The van der Waals surface area contributed by atoms with Gasteiger partial charge in [-0.1, -0.05) is 0 Å². The maximum absolute atomic E-state index is 12.6. The molecule has 1 heterocycles. The van der Waals surface area contributed by atoms with Gasteiger partial charge in [0.2, 0.25) is 0 Å². The van der Waals surface area contributed by atoms with Crippen LogP contribution in [0.4, 0.5) is 0 Å². The summed E-state index contributed by atoms with van der Waals surface area (Å²) < 4.78 is 0. The third-order valence-electron chi connectivity index (χ3n) is 5.30. The first-order valence-corrected chi connectivity index (χ1v) is 7.59. The van der Waals surface area contributed by atoms with Crippen LogP contribution in [0.25, 0.3) is 0 Å². The van der Waals surface area contributed by atoms with Crippen LogP contribution in [0, 0.1) is 43.4 Å². The Morgan fingerprint density at radius 1 is 1.24 bits per heavy atom. The fourth-order valence-electron chi connectivity index (χ4n) is 4.71. The van der Waals surface area contributed by atoms with Gasteiger partial charge in [-0.15, -0.1) is 11.3 Å². The molecule has 0 N–H and O–H groups in total. The molecule has 4 rings (SSSR count). The number of fused-ring (bicyclic) bond motifs is 5. The Labute approximate surface area is 106 Å². The zero-order chi connectivity index (χ0) is 11.7. The van der Waals surface area contributed by atoms with Gasteiger partial charge >= 0.3 is 0 Å². The molecule has 3 aliphatic carbocycles. The first-order chi connectivity index (χ1) is 8.16. The normalized spacial score (nSPS) is 41.6. The van der Waals surface area contributed by atoms with E-state index in [4.69, 9.17) is 0 Å². The quantitative estimate of drug-likeness (QED) is 0.725. The number of rotatable bonds is 2. The summed E-state index contributed by atoms with van der Waals surface area (Å²) in [6, 6.07) is 2.16. The Kier molecular flexibility index (Phi) is 1.96. The predicted molar refractivity (Wildman–Crippen MR) is 69.4 cm³/mol. The third-order valence-corrected chi connectivity index (χ3v) is 6.47. The van der Waals surface area contributed by atoms with Crippen molar-refractivity contribution in [1.29, 1.82) is 0 Å². The van der Waals surface area contributed by atoms with Crippen LogP contribution in [0.3, 0.4) is 0 Å². The molecule has 2 heteroatoms. The molecule has 0 aromatic carbocycles. The smallest absolute Gasteiger partial charge is 0.176 e. The number of aryl methyl sites for hydroxylation is 2. The van der Waals surface area contributed by atoms with Crippen molar-refractivity contribution in [2.24, 2.45) is 29.6 Å². The van der Waals surface area contributed by atoms with Gasteiger partial charge in [-0.25, -0.2) is 0 Å². The minimum Gasteiger partial charge on any atom is -0.293 e. The number of hydrogen-bond acceptors (Lipinski definition) is 2. The fraction of sp³-hybridized carbons (Fsp3) is 0.667. The molecule has 90 valence electrons. The molecule has 4 atom stereocenters.